The second kappa shape index (κ2) is 5.26. The smallest absolute Gasteiger partial charge is 0.372 e. The predicted molar refractivity (Wildman–Crippen MR) is 48.3 cm³/mol. The van der Waals surface area contributed by atoms with E-state index in [1.54, 1.807) is 0 Å². The molecule has 0 radical (unpaired) electrons. The standard InChI is InChI=1S/C9H13N3O3/c10-11-5-8(13)6-1-3-7(4-2-6)12-9(14)15/h5-7,10,12H,1-4H2. The van der Waals surface area contributed by atoms with Crippen molar-refractivity contribution in [2.45, 2.75) is 31.7 Å². The molecule has 0 bridgehead atoms. The Morgan fingerprint density at radius 2 is 1.93 bits per heavy atom. The molecule has 0 unspecified atom stereocenters. The monoisotopic (exact) mass is 211 g/mol. The lowest BCUT2D eigenvalue weighted by Crippen LogP contribution is -2.45. The number of carbonyl (C=O) groups is 2. The van der Waals surface area contributed by atoms with Crippen molar-refractivity contribution in [1.29, 1.82) is 5.53 Å². The van der Waals surface area contributed by atoms with E-state index in [4.69, 9.17) is 5.53 Å². The zero-order valence-corrected chi connectivity index (χ0v) is 8.23. The second-order valence-corrected chi connectivity index (χ2v) is 3.64. The van der Waals surface area contributed by atoms with Crippen molar-refractivity contribution >= 4 is 18.1 Å². The van der Waals surface area contributed by atoms with Crippen LogP contribution in [-0.2, 0) is 4.79 Å². The number of rotatable bonds is 3. The van der Waals surface area contributed by atoms with E-state index in [-0.39, 0.29) is 17.7 Å². The van der Waals surface area contributed by atoms with Crippen LogP contribution in [0, 0.1) is 11.4 Å². The van der Waals surface area contributed by atoms with Crippen LogP contribution in [0.5, 0.6) is 0 Å². The minimum Gasteiger partial charge on any atom is -0.530 e. The average molecular weight is 211 g/mol. The van der Waals surface area contributed by atoms with Gasteiger partial charge in [-0.1, -0.05) is 0 Å². The average Bonchev–Trinajstić information content (AvgIpc) is 2.18. The van der Waals surface area contributed by atoms with Crippen molar-refractivity contribution in [3.63, 3.8) is 0 Å². The first-order valence-electron chi connectivity index (χ1n) is 4.84. The van der Waals surface area contributed by atoms with E-state index in [0.29, 0.717) is 25.7 Å². The van der Waals surface area contributed by atoms with Gasteiger partial charge in [0.15, 0.2) is 0 Å². The van der Waals surface area contributed by atoms with Gasteiger partial charge in [0.05, 0.1) is 10.3 Å². The number of hydrogen-bond acceptors (Lipinski definition) is 4. The summed E-state index contributed by atoms with van der Waals surface area (Å²) < 4.78 is 0. The van der Waals surface area contributed by atoms with Gasteiger partial charge in [0, 0.05) is 12.0 Å². The minimum absolute atomic E-state index is 0.105. The summed E-state index contributed by atoms with van der Waals surface area (Å²) >= 11 is 0. The molecule has 0 aromatic carbocycles. The van der Waals surface area contributed by atoms with E-state index in [2.05, 4.69) is 10.1 Å². The van der Waals surface area contributed by atoms with Gasteiger partial charge < -0.3 is 15.2 Å². The summed E-state index contributed by atoms with van der Waals surface area (Å²) in [6.07, 6.45) is 2.28. The third kappa shape index (κ3) is 3.52. The molecule has 2 N–H and O–H groups in total. The van der Waals surface area contributed by atoms with Gasteiger partial charge in [-0.3, -0.25) is 4.79 Å². The summed E-state index contributed by atoms with van der Waals surface area (Å²) in [6.45, 7) is 0. The molecule has 1 fully saturated rings. The number of hydrogen-bond donors (Lipinski definition) is 2. The van der Waals surface area contributed by atoms with Crippen molar-refractivity contribution in [2.75, 3.05) is 0 Å². The highest BCUT2D eigenvalue weighted by Crippen LogP contribution is 2.24. The van der Waals surface area contributed by atoms with Crippen LogP contribution >= 0.6 is 0 Å². The Balaban J connectivity index is 2.38. The number of carboxylic acid groups (broad SMARTS) is 1. The van der Waals surface area contributed by atoms with Crippen LogP contribution in [0.3, 0.4) is 0 Å². The zero-order valence-electron chi connectivity index (χ0n) is 8.23. The molecule has 0 aromatic heterocycles. The first-order valence-corrected chi connectivity index (χ1v) is 4.84. The molecule has 0 aromatic rings. The maximum atomic E-state index is 11.3. The number of carbonyl (C=O) groups excluding carboxylic acids is 2. The number of Topliss-reactive ketones (excluding diaryl/α,β-unsaturated/α-hetero) is 1. The zero-order chi connectivity index (χ0) is 11.3. The van der Waals surface area contributed by atoms with Crippen molar-refractivity contribution < 1.29 is 19.5 Å². The fourth-order valence-corrected chi connectivity index (χ4v) is 1.86. The van der Waals surface area contributed by atoms with Gasteiger partial charge in [-0.05, 0) is 25.7 Å². The molecule has 0 saturated heterocycles. The van der Waals surface area contributed by atoms with Gasteiger partial charge in [0.25, 0.3) is 0 Å². The van der Waals surface area contributed by atoms with Gasteiger partial charge in [-0.15, -0.1) is 0 Å². The molecule has 0 heterocycles. The third-order valence-electron chi connectivity index (χ3n) is 2.64. The Hall–Kier alpha value is -1.68. The van der Waals surface area contributed by atoms with Crippen LogP contribution in [0.1, 0.15) is 25.7 Å². The highest BCUT2D eigenvalue weighted by atomic mass is 16.4. The SMILES string of the molecule is N=[N+]=CC(=O)C1CCC(NC(=O)[O-])CC1. The van der Waals surface area contributed by atoms with Gasteiger partial charge in [0.1, 0.15) is 6.09 Å². The Morgan fingerprint density at radius 1 is 1.33 bits per heavy atom. The van der Waals surface area contributed by atoms with Gasteiger partial charge >= 0.3 is 6.21 Å². The molecule has 1 aliphatic carbocycles. The maximum Gasteiger partial charge on any atom is 0.372 e. The summed E-state index contributed by atoms with van der Waals surface area (Å²) in [5.74, 6) is -0.254. The highest BCUT2D eigenvalue weighted by molar-refractivity contribution is 6.26. The Bertz CT molecular complexity index is 302. The van der Waals surface area contributed by atoms with Crippen LogP contribution in [0.2, 0.25) is 0 Å². The first-order chi connectivity index (χ1) is 7.13. The van der Waals surface area contributed by atoms with E-state index >= 15 is 0 Å². The molecule has 0 spiro atoms. The molecule has 1 saturated carbocycles. The van der Waals surface area contributed by atoms with E-state index in [9.17, 15) is 14.7 Å². The summed E-state index contributed by atoms with van der Waals surface area (Å²) in [5.41, 5.74) is 6.53. The maximum absolute atomic E-state index is 11.3. The van der Waals surface area contributed by atoms with Crippen molar-refractivity contribution in [3.05, 3.63) is 0 Å². The van der Waals surface area contributed by atoms with Crippen LogP contribution in [0.15, 0.2) is 0 Å². The molecule has 82 valence electrons. The lowest BCUT2D eigenvalue weighted by atomic mass is 9.84. The van der Waals surface area contributed by atoms with Crippen LogP contribution in [0.25, 0.3) is 0 Å². The van der Waals surface area contributed by atoms with Crippen LogP contribution < -0.4 is 10.4 Å². The number of nitrogens with one attached hydrogen (secondary N) is 2. The first kappa shape index (κ1) is 11.4. The quantitative estimate of drug-likeness (QED) is 0.368. The van der Waals surface area contributed by atoms with E-state index < -0.39 is 6.09 Å². The number of nitrogens with zero attached hydrogens (tertiary/aromatic N) is 1. The fraction of sp³-hybridized carbons (Fsp3) is 0.667. The van der Waals surface area contributed by atoms with Gasteiger partial charge in [-0.2, -0.15) is 0 Å². The molecule has 6 heteroatoms. The van der Waals surface area contributed by atoms with E-state index in [1.807, 2.05) is 0 Å². The lowest BCUT2D eigenvalue weighted by Gasteiger charge is -2.27. The molecule has 1 rings (SSSR count). The van der Waals surface area contributed by atoms with Crippen molar-refractivity contribution in [2.24, 2.45) is 5.92 Å². The molecule has 1 amide bonds. The molecule has 6 nitrogen and oxygen atoms in total. The van der Waals surface area contributed by atoms with Gasteiger partial charge in [0.2, 0.25) is 5.78 Å². The summed E-state index contributed by atoms with van der Waals surface area (Å²) in [6, 6.07) is -0.105. The fourth-order valence-electron chi connectivity index (χ4n) is 1.86. The predicted octanol–water partition coefficient (Wildman–Crippen LogP) is -0.643. The molecular formula is C9H13N3O3. The topological polar surface area (TPSA) is 107 Å². The second-order valence-electron chi connectivity index (χ2n) is 3.64. The Morgan fingerprint density at radius 3 is 2.40 bits per heavy atom. The van der Waals surface area contributed by atoms with Crippen LogP contribution in [-0.4, -0.2) is 28.9 Å². The lowest BCUT2D eigenvalue weighted by molar-refractivity contribution is -0.251. The Kier molecular flexibility index (Phi) is 4.00. The number of amides is 1. The summed E-state index contributed by atoms with van der Waals surface area (Å²) in [5, 5.41) is 12.5. The molecule has 0 aliphatic heterocycles. The van der Waals surface area contributed by atoms with Crippen molar-refractivity contribution in [3.8, 4) is 0 Å². The summed E-state index contributed by atoms with van der Waals surface area (Å²) in [4.78, 5) is 24.5. The van der Waals surface area contributed by atoms with Gasteiger partial charge in [-0.25, -0.2) is 0 Å². The Labute approximate surface area is 86.9 Å². The molecule has 1 aliphatic rings. The summed E-state index contributed by atoms with van der Waals surface area (Å²) in [7, 11) is 0. The van der Waals surface area contributed by atoms with Crippen molar-refractivity contribution in [1.82, 2.24) is 5.32 Å². The molecule has 0 atom stereocenters. The third-order valence-corrected chi connectivity index (χ3v) is 2.64. The van der Waals surface area contributed by atoms with E-state index in [0.717, 1.165) is 6.21 Å². The normalized spacial score (nSPS) is 25.1. The molecular weight excluding hydrogens is 198 g/mol. The minimum atomic E-state index is -1.27. The molecule has 15 heavy (non-hydrogen) atoms. The highest BCUT2D eigenvalue weighted by Gasteiger charge is 2.27. The largest absolute Gasteiger partial charge is 0.530 e. The number of ketones is 1. The van der Waals surface area contributed by atoms with E-state index in [1.165, 1.54) is 0 Å². The van der Waals surface area contributed by atoms with Crippen LogP contribution in [0.4, 0.5) is 4.79 Å².